The molecule has 37 heavy (non-hydrogen) atoms. The third-order valence-corrected chi connectivity index (χ3v) is 5.86. The SMILES string of the molecule is CC(C)(C)c1ccc(Oc2coc3cc(OC(=O)C=Cc4ccc5c(c4)OCCO5)ccc3c2=O)cc1. The highest BCUT2D eigenvalue weighted by Crippen LogP contribution is 2.31. The Bertz CT molecular complexity index is 1540. The molecule has 188 valence electrons. The van der Waals surface area contributed by atoms with Crippen molar-refractivity contribution in [2.24, 2.45) is 0 Å². The molecule has 0 atom stereocenters. The Hall–Kier alpha value is -4.52. The van der Waals surface area contributed by atoms with E-state index < -0.39 is 5.97 Å². The van der Waals surface area contributed by atoms with Gasteiger partial charge in [0.25, 0.3) is 0 Å². The van der Waals surface area contributed by atoms with Crippen molar-refractivity contribution >= 4 is 23.0 Å². The number of carbonyl (C=O) groups excluding carboxylic acids is 1. The molecule has 0 saturated heterocycles. The van der Waals surface area contributed by atoms with Crippen LogP contribution in [0.3, 0.4) is 0 Å². The van der Waals surface area contributed by atoms with Gasteiger partial charge < -0.3 is 23.4 Å². The molecule has 7 heteroatoms. The summed E-state index contributed by atoms with van der Waals surface area (Å²) in [5.41, 5.74) is 1.90. The van der Waals surface area contributed by atoms with Crippen molar-refractivity contribution in [3.8, 4) is 28.7 Å². The lowest BCUT2D eigenvalue weighted by Gasteiger charge is -2.19. The quantitative estimate of drug-likeness (QED) is 0.182. The Morgan fingerprint density at radius 2 is 1.62 bits per heavy atom. The van der Waals surface area contributed by atoms with Crippen LogP contribution in [0.15, 0.2) is 82.2 Å². The van der Waals surface area contributed by atoms with Crippen molar-refractivity contribution in [1.29, 1.82) is 0 Å². The first-order valence-electron chi connectivity index (χ1n) is 11.9. The summed E-state index contributed by atoms with van der Waals surface area (Å²) in [6, 6.07) is 17.6. The number of fused-ring (bicyclic) bond motifs is 2. The van der Waals surface area contributed by atoms with Crippen LogP contribution in [0.2, 0.25) is 0 Å². The summed E-state index contributed by atoms with van der Waals surface area (Å²) < 4.78 is 27.8. The summed E-state index contributed by atoms with van der Waals surface area (Å²) >= 11 is 0. The van der Waals surface area contributed by atoms with Crippen LogP contribution >= 0.6 is 0 Å². The maximum absolute atomic E-state index is 12.9. The second-order valence-corrected chi connectivity index (χ2v) is 9.62. The summed E-state index contributed by atoms with van der Waals surface area (Å²) in [6.07, 6.45) is 4.20. The largest absolute Gasteiger partial charge is 0.486 e. The van der Waals surface area contributed by atoms with Crippen LogP contribution in [0.1, 0.15) is 31.9 Å². The fraction of sp³-hybridized carbons (Fsp3) is 0.200. The third kappa shape index (κ3) is 5.51. The van der Waals surface area contributed by atoms with E-state index in [9.17, 15) is 9.59 Å². The van der Waals surface area contributed by atoms with E-state index in [4.69, 9.17) is 23.4 Å². The minimum absolute atomic E-state index is 0.0167. The highest BCUT2D eigenvalue weighted by molar-refractivity contribution is 5.89. The number of esters is 1. The fourth-order valence-corrected chi connectivity index (χ4v) is 3.85. The molecule has 2 heterocycles. The van der Waals surface area contributed by atoms with Crippen molar-refractivity contribution in [2.45, 2.75) is 26.2 Å². The molecule has 0 radical (unpaired) electrons. The summed E-state index contributed by atoms with van der Waals surface area (Å²) in [5.74, 6) is 1.60. The molecule has 0 saturated carbocycles. The average molecular weight is 499 g/mol. The van der Waals surface area contributed by atoms with Gasteiger partial charge in [-0.25, -0.2) is 4.79 Å². The number of hydrogen-bond acceptors (Lipinski definition) is 7. The van der Waals surface area contributed by atoms with Gasteiger partial charge in [-0.05, 0) is 59.0 Å². The zero-order valence-corrected chi connectivity index (χ0v) is 20.8. The molecule has 4 aromatic rings. The van der Waals surface area contributed by atoms with E-state index in [0.717, 1.165) is 11.1 Å². The van der Waals surface area contributed by atoms with E-state index >= 15 is 0 Å². The molecule has 0 fully saturated rings. The van der Waals surface area contributed by atoms with Crippen LogP contribution in [0.5, 0.6) is 28.7 Å². The monoisotopic (exact) mass is 498 g/mol. The maximum Gasteiger partial charge on any atom is 0.336 e. The molecule has 0 unspecified atom stereocenters. The molecular weight excluding hydrogens is 472 g/mol. The van der Waals surface area contributed by atoms with Gasteiger partial charge in [0.2, 0.25) is 11.2 Å². The summed E-state index contributed by atoms with van der Waals surface area (Å²) in [4.78, 5) is 25.3. The molecule has 5 rings (SSSR count). The lowest BCUT2D eigenvalue weighted by Crippen LogP contribution is -2.15. The van der Waals surface area contributed by atoms with Crippen molar-refractivity contribution in [3.63, 3.8) is 0 Å². The molecule has 7 nitrogen and oxygen atoms in total. The molecular formula is C30H26O7. The van der Waals surface area contributed by atoms with Gasteiger partial charge >= 0.3 is 5.97 Å². The molecule has 0 aliphatic carbocycles. The zero-order chi connectivity index (χ0) is 26.0. The van der Waals surface area contributed by atoms with Crippen molar-refractivity contribution in [2.75, 3.05) is 13.2 Å². The van der Waals surface area contributed by atoms with Crippen LogP contribution < -0.4 is 24.4 Å². The summed E-state index contributed by atoms with van der Waals surface area (Å²) in [7, 11) is 0. The standard InChI is InChI=1S/C30H26O7/c1-30(2,3)20-6-8-21(9-7-20)36-27-18-35-25-17-22(10-11-23(25)29(27)32)37-28(31)13-5-19-4-12-24-26(16-19)34-15-14-33-24/h4-13,16-18H,14-15H2,1-3H3. The number of benzene rings is 3. The van der Waals surface area contributed by atoms with Crippen LogP contribution in [0, 0.1) is 0 Å². The topological polar surface area (TPSA) is 84.2 Å². The van der Waals surface area contributed by atoms with Gasteiger partial charge in [-0.15, -0.1) is 0 Å². The Labute approximate surface area is 213 Å². The van der Waals surface area contributed by atoms with Crippen LogP contribution in [-0.4, -0.2) is 19.2 Å². The molecule has 1 aliphatic heterocycles. The highest BCUT2D eigenvalue weighted by Gasteiger charge is 2.15. The number of carbonyl (C=O) groups is 1. The van der Waals surface area contributed by atoms with E-state index in [1.807, 2.05) is 30.3 Å². The van der Waals surface area contributed by atoms with Crippen LogP contribution in [0.25, 0.3) is 17.0 Å². The Morgan fingerprint density at radius 1 is 0.892 bits per heavy atom. The normalized spacial score (nSPS) is 13.1. The molecule has 0 amide bonds. The van der Waals surface area contributed by atoms with Crippen molar-refractivity contribution in [1.82, 2.24) is 0 Å². The van der Waals surface area contributed by atoms with Gasteiger partial charge in [0.05, 0.1) is 5.39 Å². The third-order valence-electron chi connectivity index (χ3n) is 5.86. The van der Waals surface area contributed by atoms with Gasteiger partial charge in [0.1, 0.15) is 36.6 Å². The van der Waals surface area contributed by atoms with Crippen molar-refractivity contribution < 1.29 is 28.2 Å². The van der Waals surface area contributed by atoms with Gasteiger partial charge in [-0.3, -0.25) is 4.79 Å². The first kappa shape index (κ1) is 24.2. The minimum atomic E-state index is -0.574. The first-order valence-corrected chi connectivity index (χ1v) is 11.9. The van der Waals surface area contributed by atoms with Gasteiger partial charge in [-0.1, -0.05) is 39.0 Å². The minimum Gasteiger partial charge on any atom is -0.486 e. The summed E-state index contributed by atoms with van der Waals surface area (Å²) in [6.45, 7) is 7.38. The Balaban J connectivity index is 1.28. The average Bonchev–Trinajstić information content (AvgIpc) is 2.89. The Morgan fingerprint density at radius 3 is 2.38 bits per heavy atom. The smallest absolute Gasteiger partial charge is 0.336 e. The highest BCUT2D eigenvalue weighted by atomic mass is 16.6. The number of rotatable bonds is 5. The van der Waals surface area contributed by atoms with E-state index in [0.29, 0.717) is 35.8 Å². The van der Waals surface area contributed by atoms with E-state index in [1.165, 1.54) is 24.5 Å². The predicted octanol–water partition coefficient (Wildman–Crippen LogP) is 6.27. The molecule has 0 N–H and O–H groups in total. The number of ether oxygens (including phenoxy) is 4. The lowest BCUT2D eigenvalue weighted by molar-refractivity contribution is -0.128. The van der Waals surface area contributed by atoms with Crippen LogP contribution in [0.4, 0.5) is 0 Å². The van der Waals surface area contributed by atoms with E-state index in [1.54, 1.807) is 24.3 Å². The van der Waals surface area contributed by atoms with Gasteiger partial charge in [0.15, 0.2) is 11.5 Å². The van der Waals surface area contributed by atoms with Gasteiger partial charge in [0, 0.05) is 12.1 Å². The molecule has 0 bridgehead atoms. The second kappa shape index (κ2) is 9.85. The predicted molar refractivity (Wildman–Crippen MR) is 140 cm³/mol. The molecule has 3 aromatic carbocycles. The summed E-state index contributed by atoms with van der Waals surface area (Å²) in [5, 5.41) is 0.315. The van der Waals surface area contributed by atoms with Gasteiger partial charge in [-0.2, -0.15) is 0 Å². The zero-order valence-electron chi connectivity index (χ0n) is 20.8. The van der Waals surface area contributed by atoms with E-state index in [2.05, 4.69) is 20.8 Å². The molecule has 0 spiro atoms. The first-order chi connectivity index (χ1) is 17.8. The maximum atomic E-state index is 12.9. The van der Waals surface area contributed by atoms with Crippen molar-refractivity contribution in [3.05, 3.63) is 94.4 Å². The second-order valence-electron chi connectivity index (χ2n) is 9.62. The molecule has 1 aliphatic rings. The van der Waals surface area contributed by atoms with E-state index in [-0.39, 0.29) is 27.9 Å². The lowest BCUT2D eigenvalue weighted by atomic mass is 9.87. The van der Waals surface area contributed by atoms with Crippen LogP contribution in [-0.2, 0) is 10.2 Å². The number of hydrogen-bond donors (Lipinski definition) is 0. The molecule has 1 aromatic heterocycles. The Kier molecular flexibility index (Phi) is 6.44. The fourth-order valence-electron chi connectivity index (χ4n) is 3.85.